The Morgan fingerprint density at radius 3 is 2.04 bits per heavy atom. The Balaban J connectivity index is 1.21. The highest BCUT2D eigenvalue weighted by molar-refractivity contribution is 5.85. The van der Waals surface area contributed by atoms with Crippen LogP contribution in [0.3, 0.4) is 0 Å². The zero-order valence-electron chi connectivity index (χ0n) is 16.5. The van der Waals surface area contributed by atoms with Crippen molar-refractivity contribution >= 4 is 11.8 Å². The van der Waals surface area contributed by atoms with Gasteiger partial charge in [-0.1, -0.05) is 0 Å². The Labute approximate surface area is 162 Å². The average Bonchev–Trinajstić information content (AvgIpc) is 2.66. The summed E-state index contributed by atoms with van der Waals surface area (Å²) in [5, 5.41) is 3.29. The number of morpholine rings is 1. The number of amides is 2. The van der Waals surface area contributed by atoms with Gasteiger partial charge in [0.05, 0.1) is 18.1 Å². The van der Waals surface area contributed by atoms with Crippen molar-refractivity contribution in [1.82, 2.24) is 15.1 Å². The first-order valence-corrected chi connectivity index (χ1v) is 11.0. The second kappa shape index (κ2) is 6.73. The molecule has 0 radical (unpaired) electrons. The van der Waals surface area contributed by atoms with E-state index in [1.54, 1.807) is 0 Å². The van der Waals surface area contributed by atoms with E-state index in [1.807, 2.05) is 11.8 Å². The molecule has 1 N–H and O–H groups in total. The van der Waals surface area contributed by atoms with E-state index in [2.05, 4.69) is 10.2 Å². The fourth-order valence-corrected chi connectivity index (χ4v) is 7.04. The van der Waals surface area contributed by atoms with Crippen LogP contribution in [0.5, 0.6) is 0 Å². The summed E-state index contributed by atoms with van der Waals surface area (Å²) in [5.41, 5.74) is -0.0613. The normalized spacial score (nSPS) is 43.8. The molecule has 2 atom stereocenters. The van der Waals surface area contributed by atoms with Crippen molar-refractivity contribution in [2.45, 2.75) is 57.6 Å². The molecular formula is C21H33N3O3. The maximum absolute atomic E-state index is 13.5. The van der Waals surface area contributed by atoms with Gasteiger partial charge in [-0.15, -0.1) is 0 Å². The quantitative estimate of drug-likeness (QED) is 0.789. The van der Waals surface area contributed by atoms with Gasteiger partial charge in [0, 0.05) is 32.7 Å². The summed E-state index contributed by atoms with van der Waals surface area (Å²) in [6, 6.07) is -0.246. The molecule has 27 heavy (non-hydrogen) atoms. The van der Waals surface area contributed by atoms with Crippen LogP contribution in [0.4, 0.5) is 0 Å². The van der Waals surface area contributed by atoms with Crippen molar-refractivity contribution in [3.8, 4) is 0 Å². The van der Waals surface area contributed by atoms with E-state index in [-0.39, 0.29) is 23.5 Å². The maximum Gasteiger partial charge on any atom is 0.242 e. The third-order valence-electron chi connectivity index (χ3n) is 7.95. The van der Waals surface area contributed by atoms with E-state index in [0.29, 0.717) is 38.7 Å². The minimum Gasteiger partial charge on any atom is -0.375 e. The van der Waals surface area contributed by atoms with Gasteiger partial charge in [-0.05, 0) is 63.2 Å². The van der Waals surface area contributed by atoms with Gasteiger partial charge >= 0.3 is 0 Å². The lowest BCUT2D eigenvalue weighted by atomic mass is 9.49. The first kappa shape index (κ1) is 17.9. The molecule has 2 aliphatic heterocycles. The molecule has 6 rings (SSSR count). The summed E-state index contributed by atoms with van der Waals surface area (Å²) in [5.74, 6) is 2.91. The fraction of sp³-hybridized carbons (Fsp3) is 0.905. The number of piperazine rings is 1. The van der Waals surface area contributed by atoms with Gasteiger partial charge in [-0.25, -0.2) is 0 Å². The van der Waals surface area contributed by atoms with Crippen molar-refractivity contribution in [3.63, 3.8) is 0 Å². The van der Waals surface area contributed by atoms with Gasteiger partial charge in [-0.2, -0.15) is 0 Å². The van der Waals surface area contributed by atoms with E-state index >= 15 is 0 Å². The van der Waals surface area contributed by atoms with Gasteiger partial charge in [0.1, 0.15) is 6.04 Å². The van der Waals surface area contributed by atoms with Gasteiger partial charge in [-0.3, -0.25) is 9.59 Å². The molecule has 6 nitrogen and oxygen atoms in total. The summed E-state index contributed by atoms with van der Waals surface area (Å²) < 4.78 is 5.62. The second-order valence-electron chi connectivity index (χ2n) is 9.82. The van der Waals surface area contributed by atoms with E-state index in [4.69, 9.17) is 4.74 Å². The first-order chi connectivity index (χ1) is 13.0. The summed E-state index contributed by atoms with van der Waals surface area (Å²) in [7, 11) is 0. The highest BCUT2D eigenvalue weighted by Crippen LogP contribution is 2.60. The average molecular weight is 376 g/mol. The minimum atomic E-state index is -0.246. The van der Waals surface area contributed by atoms with Crippen molar-refractivity contribution in [1.29, 1.82) is 0 Å². The molecule has 4 saturated carbocycles. The minimum absolute atomic E-state index is 0.0613. The van der Waals surface area contributed by atoms with Crippen LogP contribution in [-0.4, -0.2) is 73.1 Å². The molecule has 2 saturated heterocycles. The highest BCUT2D eigenvalue weighted by atomic mass is 16.5. The Morgan fingerprint density at radius 2 is 1.48 bits per heavy atom. The Morgan fingerprint density at radius 1 is 0.926 bits per heavy atom. The topological polar surface area (TPSA) is 61.9 Å². The second-order valence-corrected chi connectivity index (χ2v) is 9.82. The number of carbonyl (C=O) groups excluding carboxylic acids is 2. The number of ether oxygens (including phenoxy) is 1. The highest BCUT2D eigenvalue weighted by Gasteiger charge is 2.55. The van der Waals surface area contributed by atoms with E-state index in [9.17, 15) is 9.59 Å². The molecule has 6 fully saturated rings. The smallest absolute Gasteiger partial charge is 0.242 e. The molecule has 0 unspecified atom stereocenters. The first-order valence-electron chi connectivity index (χ1n) is 11.0. The lowest BCUT2D eigenvalue weighted by Crippen LogP contribution is -2.62. The number of nitrogens with one attached hydrogen (secondary N) is 1. The van der Waals surface area contributed by atoms with Gasteiger partial charge in [0.2, 0.25) is 11.8 Å². The fourth-order valence-electron chi connectivity index (χ4n) is 7.04. The summed E-state index contributed by atoms with van der Waals surface area (Å²) >= 11 is 0. The van der Waals surface area contributed by atoms with E-state index in [1.165, 1.54) is 19.3 Å². The number of hydrogen-bond donors (Lipinski definition) is 1. The van der Waals surface area contributed by atoms with E-state index in [0.717, 1.165) is 43.6 Å². The number of carbonyl (C=O) groups is 2. The van der Waals surface area contributed by atoms with Crippen LogP contribution in [0, 0.1) is 23.2 Å². The number of nitrogens with zero attached hydrogens (tertiary/aromatic N) is 2. The molecule has 2 heterocycles. The van der Waals surface area contributed by atoms with Crippen molar-refractivity contribution in [3.05, 3.63) is 0 Å². The number of hydrogen-bond acceptors (Lipinski definition) is 4. The molecule has 150 valence electrons. The SMILES string of the molecule is C[C@H]1OCCN[C@@H]1C(=O)N1CCN(C(=O)C23CC4CC(CC(C4)C2)C3)CC1. The molecule has 4 bridgehead atoms. The molecule has 6 aliphatic rings. The Hall–Kier alpha value is -1.14. The standard InChI is InChI=1S/C21H33N3O3/c1-14-18(22-2-7-27-14)19(25)23-3-5-24(6-4-23)20(26)21-11-15-8-16(12-21)10-17(9-15)13-21/h14-18,22H,2-13H2,1H3/t14-,15?,16?,17?,18+,21?/m1/s1. The largest absolute Gasteiger partial charge is 0.375 e. The molecule has 0 aromatic rings. The maximum atomic E-state index is 13.5. The molecule has 0 aromatic carbocycles. The zero-order valence-corrected chi connectivity index (χ0v) is 16.5. The summed E-state index contributed by atoms with van der Waals surface area (Å²) in [6.07, 6.45) is 7.38. The zero-order chi connectivity index (χ0) is 18.6. The van der Waals surface area contributed by atoms with Crippen molar-refractivity contribution in [2.75, 3.05) is 39.3 Å². The Bertz CT molecular complexity index is 579. The van der Waals surface area contributed by atoms with Crippen molar-refractivity contribution < 1.29 is 14.3 Å². The predicted octanol–water partition coefficient (Wildman–Crippen LogP) is 1.25. The van der Waals surface area contributed by atoms with Crippen LogP contribution in [0.2, 0.25) is 0 Å². The van der Waals surface area contributed by atoms with Crippen LogP contribution in [-0.2, 0) is 14.3 Å². The third-order valence-corrected chi connectivity index (χ3v) is 7.95. The Kier molecular flexibility index (Phi) is 4.47. The number of rotatable bonds is 2. The molecule has 6 heteroatoms. The van der Waals surface area contributed by atoms with Gasteiger partial charge in [0.15, 0.2) is 0 Å². The summed E-state index contributed by atoms with van der Waals surface area (Å²) in [4.78, 5) is 30.3. The van der Waals surface area contributed by atoms with Crippen LogP contribution >= 0.6 is 0 Å². The monoisotopic (exact) mass is 375 g/mol. The molecular weight excluding hydrogens is 342 g/mol. The summed E-state index contributed by atoms with van der Waals surface area (Å²) in [6.45, 7) is 6.04. The molecule has 4 aliphatic carbocycles. The van der Waals surface area contributed by atoms with Crippen LogP contribution in [0.25, 0.3) is 0 Å². The predicted molar refractivity (Wildman–Crippen MR) is 101 cm³/mol. The van der Waals surface area contributed by atoms with Crippen LogP contribution in [0.1, 0.15) is 45.4 Å². The molecule has 2 amide bonds. The van der Waals surface area contributed by atoms with Gasteiger partial charge in [0.25, 0.3) is 0 Å². The lowest BCUT2D eigenvalue weighted by Gasteiger charge is -2.57. The lowest BCUT2D eigenvalue weighted by molar-refractivity contribution is -0.161. The molecule has 0 aromatic heterocycles. The van der Waals surface area contributed by atoms with Crippen LogP contribution in [0.15, 0.2) is 0 Å². The van der Waals surface area contributed by atoms with Crippen molar-refractivity contribution in [2.24, 2.45) is 23.2 Å². The molecule has 0 spiro atoms. The van der Waals surface area contributed by atoms with Gasteiger partial charge < -0.3 is 19.9 Å². The van der Waals surface area contributed by atoms with Crippen LogP contribution < -0.4 is 5.32 Å². The van der Waals surface area contributed by atoms with E-state index < -0.39 is 0 Å². The third kappa shape index (κ3) is 3.09.